The molecule has 0 saturated carbocycles. The van der Waals surface area contributed by atoms with Crippen molar-refractivity contribution in [3.05, 3.63) is 36.5 Å². The van der Waals surface area contributed by atoms with Crippen molar-refractivity contribution in [1.29, 1.82) is 0 Å². The van der Waals surface area contributed by atoms with E-state index in [1.165, 1.54) is 4.90 Å². The van der Waals surface area contributed by atoms with Crippen LogP contribution < -0.4 is 5.32 Å². The minimum atomic E-state index is -1.18. The summed E-state index contributed by atoms with van der Waals surface area (Å²) in [5.74, 6) is 0. The first-order valence-corrected chi connectivity index (χ1v) is 7.09. The van der Waals surface area contributed by atoms with Crippen molar-refractivity contribution in [1.82, 2.24) is 15.1 Å². The molecule has 0 spiro atoms. The van der Waals surface area contributed by atoms with Crippen molar-refractivity contribution in [2.45, 2.75) is 12.0 Å². The lowest BCUT2D eigenvalue weighted by molar-refractivity contribution is -0.00246. The maximum Gasteiger partial charge on any atom is 0.321 e. The number of carbonyl (C=O) groups excluding carboxylic acids is 1. The molecule has 3 rings (SSSR count). The fourth-order valence-corrected chi connectivity index (χ4v) is 2.51. The summed E-state index contributed by atoms with van der Waals surface area (Å²) in [7, 11) is 0. The molecule has 7 heteroatoms. The molecule has 2 heterocycles. The van der Waals surface area contributed by atoms with Gasteiger partial charge in [0.1, 0.15) is 5.60 Å². The van der Waals surface area contributed by atoms with Crippen molar-refractivity contribution >= 4 is 11.7 Å². The molecule has 0 radical (unpaired) electrons. The Morgan fingerprint density at radius 1 is 1.36 bits per heavy atom. The number of benzene rings is 1. The van der Waals surface area contributed by atoms with Gasteiger partial charge in [-0.05, 0) is 30.2 Å². The van der Waals surface area contributed by atoms with Crippen LogP contribution in [0.15, 0.2) is 36.5 Å². The maximum absolute atomic E-state index is 12.1. The number of hydrogen-bond donors (Lipinski definition) is 4. The second-order valence-electron chi connectivity index (χ2n) is 5.53. The molecule has 2 amide bonds. The van der Waals surface area contributed by atoms with E-state index in [9.17, 15) is 9.90 Å². The topological polar surface area (TPSA) is 101 Å². The van der Waals surface area contributed by atoms with Crippen LogP contribution >= 0.6 is 0 Å². The summed E-state index contributed by atoms with van der Waals surface area (Å²) in [4.78, 5) is 13.6. The minimum absolute atomic E-state index is 0.140. The number of aromatic nitrogens is 2. The number of anilines is 1. The molecule has 7 nitrogen and oxygen atoms in total. The van der Waals surface area contributed by atoms with E-state index in [1.54, 1.807) is 6.20 Å². The number of H-pyrrole nitrogens is 1. The first-order valence-electron chi connectivity index (χ1n) is 7.09. The number of aliphatic hydroxyl groups excluding tert-OH is 1. The molecule has 0 aliphatic carbocycles. The van der Waals surface area contributed by atoms with Crippen LogP contribution in [0.2, 0.25) is 0 Å². The quantitative estimate of drug-likeness (QED) is 0.680. The molecular weight excluding hydrogens is 284 g/mol. The van der Waals surface area contributed by atoms with Crippen LogP contribution in [-0.4, -0.2) is 56.6 Å². The molecule has 2 aromatic rings. The monoisotopic (exact) mass is 302 g/mol. The van der Waals surface area contributed by atoms with E-state index in [1.807, 2.05) is 30.3 Å². The molecule has 1 atom stereocenters. The third-order valence-corrected chi connectivity index (χ3v) is 3.86. The molecule has 1 fully saturated rings. The number of hydrogen-bond acceptors (Lipinski definition) is 4. The number of carbonyl (C=O) groups is 1. The fourth-order valence-electron chi connectivity index (χ4n) is 2.51. The third-order valence-electron chi connectivity index (χ3n) is 3.86. The number of aliphatic hydroxyl groups is 2. The Balaban J connectivity index is 1.63. The Bertz CT molecular complexity index is 641. The van der Waals surface area contributed by atoms with Gasteiger partial charge in [-0.15, -0.1) is 0 Å². The van der Waals surface area contributed by atoms with Gasteiger partial charge in [-0.1, -0.05) is 12.1 Å². The predicted molar refractivity (Wildman–Crippen MR) is 81.3 cm³/mol. The maximum atomic E-state index is 12.1. The summed E-state index contributed by atoms with van der Waals surface area (Å²) in [6, 6.07) is 8.98. The SMILES string of the molecule is O=C(Nc1ccc(-c2ccn[nH]2)cc1)N1CC[C@](O)(CO)C1. The van der Waals surface area contributed by atoms with Crippen LogP contribution in [0.5, 0.6) is 0 Å². The summed E-state index contributed by atoms with van der Waals surface area (Å²) >= 11 is 0. The zero-order valence-electron chi connectivity index (χ0n) is 12.0. The van der Waals surface area contributed by atoms with E-state index in [-0.39, 0.29) is 19.2 Å². The molecule has 1 aliphatic rings. The van der Waals surface area contributed by atoms with Crippen LogP contribution in [0.4, 0.5) is 10.5 Å². The molecular formula is C15H18N4O3. The van der Waals surface area contributed by atoms with Gasteiger partial charge in [-0.3, -0.25) is 5.10 Å². The predicted octanol–water partition coefficient (Wildman–Crippen LogP) is 1.04. The number of β-amino-alcohol motifs (C(OH)–C–C–N with tert-alkyl or cyclic N) is 1. The number of amides is 2. The summed E-state index contributed by atoms with van der Waals surface area (Å²) in [5, 5.41) is 28.6. The molecule has 0 bridgehead atoms. The van der Waals surface area contributed by atoms with Gasteiger partial charge >= 0.3 is 6.03 Å². The number of nitrogens with zero attached hydrogens (tertiary/aromatic N) is 2. The largest absolute Gasteiger partial charge is 0.393 e. The minimum Gasteiger partial charge on any atom is -0.393 e. The molecule has 4 N–H and O–H groups in total. The number of urea groups is 1. The number of nitrogens with one attached hydrogen (secondary N) is 2. The zero-order valence-corrected chi connectivity index (χ0v) is 12.0. The van der Waals surface area contributed by atoms with Gasteiger partial charge in [0.15, 0.2) is 0 Å². The van der Waals surface area contributed by atoms with Crippen LogP contribution in [0.25, 0.3) is 11.3 Å². The number of likely N-dealkylation sites (tertiary alicyclic amines) is 1. The van der Waals surface area contributed by atoms with Gasteiger partial charge in [0.2, 0.25) is 0 Å². The third kappa shape index (κ3) is 2.95. The highest BCUT2D eigenvalue weighted by atomic mass is 16.3. The van der Waals surface area contributed by atoms with Gasteiger partial charge in [-0.25, -0.2) is 4.79 Å². The standard InChI is InChI=1S/C15H18N4O3/c20-10-15(22)6-8-19(9-15)14(21)17-12-3-1-11(2-4-12)13-5-7-16-18-13/h1-5,7,20,22H,6,8-10H2,(H,16,18)(H,17,21)/t15-/m1/s1. The Labute approximate surface area is 127 Å². The Morgan fingerprint density at radius 3 is 2.73 bits per heavy atom. The second-order valence-corrected chi connectivity index (χ2v) is 5.53. The molecule has 116 valence electrons. The molecule has 1 aliphatic heterocycles. The molecule has 0 unspecified atom stereocenters. The summed E-state index contributed by atoms with van der Waals surface area (Å²) in [5.41, 5.74) is 1.38. The lowest BCUT2D eigenvalue weighted by Gasteiger charge is -2.21. The highest BCUT2D eigenvalue weighted by Crippen LogP contribution is 2.22. The highest BCUT2D eigenvalue weighted by Gasteiger charge is 2.37. The van der Waals surface area contributed by atoms with Gasteiger partial charge < -0.3 is 20.4 Å². The lowest BCUT2D eigenvalue weighted by atomic mass is 10.1. The smallest absolute Gasteiger partial charge is 0.321 e. The molecule has 1 saturated heterocycles. The van der Waals surface area contributed by atoms with Crippen molar-refractivity contribution in [2.75, 3.05) is 25.0 Å². The van der Waals surface area contributed by atoms with E-state index in [4.69, 9.17) is 5.11 Å². The Hall–Kier alpha value is -2.38. The lowest BCUT2D eigenvalue weighted by Crippen LogP contribution is -2.40. The van der Waals surface area contributed by atoms with E-state index in [2.05, 4.69) is 15.5 Å². The van der Waals surface area contributed by atoms with Crippen molar-refractivity contribution in [3.8, 4) is 11.3 Å². The average Bonchev–Trinajstić information content (AvgIpc) is 3.18. The first kappa shape index (κ1) is 14.6. The van der Waals surface area contributed by atoms with Crippen LogP contribution in [0, 0.1) is 0 Å². The fraction of sp³-hybridized carbons (Fsp3) is 0.333. The van der Waals surface area contributed by atoms with E-state index in [0.717, 1.165) is 11.3 Å². The van der Waals surface area contributed by atoms with Crippen LogP contribution in [0.1, 0.15) is 6.42 Å². The van der Waals surface area contributed by atoms with Crippen molar-refractivity contribution in [3.63, 3.8) is 0 Å². The Morgan fingerprint density at radius 2 is 2.14 bits per heavy atom. The molecule has 22 heavy (non-hydrogen) atoms. The summed E-state index contributed by atoms with van der Waals surface area (Å²) < 4.78 is 0. The van der Waals surface area contributed by atoms with Gasteiger partial charge in [0, 0.05) is 18.4 Å². The van der Waals surface area contributed by atoms with Gasteiger partial charge in [-0.2, -0.15) is 5.10 Å². The van der Waals surface area contributed by atoms with E-state index in [0.29, 0.717) is 18.7 Å². The summed E-state index contributed by atoms with van der Waals surface area (Å²) in [6.45, 7) is 0.229. The first-order chi connectivity index (χ1) is 10.6. The normalized spacial score (nSPS) is 21.1. The van der Waals surface area contributed by atoms with Crippen LogP contribution in [0.3, 0.4) is 0 Å². The van der Waals surface area contributed by atoms with Crippen molar-refractivity contribution in [2.24, 2.45) is 0 Å². The zero-order chi connectivity index (χ0) is 15.6. The van der Waals surface area contributed by atoms with E-state index >= 15 is 0 Å². The summed E-state index contributed by atoms with van der Waals surface area (Å²) in [6.07, 6.45) is 2.07. The number of rotatable bonds is 3. The molecule has 1 aromatic heterocycles. The van der Waals surface area contributed by atoms with Crippen molar-refractivity contribution < 1.29 is 15.0 Å². The second kappa shape index (κ2) is 5.78. The van der Waals surface area contributed by atoms with Crippen LogP contribution in [-0.2, 0) is 0 Å². The molecule has 1 aromatic carbocycles. The number of aromatic amines is 1. The van der Waals surface area contributed by atoms with E-state index < -0.39 is 5.60 Å². The Kier molecular flexibility index (Phi) is 3.82. The average molecular weight is 302 g/mol. The van der Waals surface area contributed by atoms with Gasteiger partial charge in [0.05, 0.1) is 18.8 Å². The van der Waals surface area contributed by atoms with Gasteiger partial charge in [0.25, 0.3) is 0 Å². The highest BCUT2D eigenvalue weighted by molar-refractivity contribution is 5.89.